The van der Waals surface area contributed by atoms with E-state index in [1.54, 1.807) is 0 Å². The molecule has 2 aromatic heterocycles. The summed E-state index contributed by atoms with van der Waals surface area (Å²) in [7, 11) is 0. The lowest BCUT2D eigenvalue weighted by molar-refractivity contribution is 0.0951. The normalized spacial score (nSPS) is 15.9. The van der Waals surface area contributed by atoms with Crippen LogP contribution in [0.1, 0.15) is 47.2 Å². The highest BCUT2D eigenvalue weighted by Gasteiger charge is 2.24. The van der Waals surface area contributed by atoms with Gasteiger partial charge in [-0.25, -0.2) is 9.97 Å². The number of fused-ring (bicyclic) bond motifs is 3. The van der Waals surface area contributed by atoms with Gasteiger partial charge >= 0.3 is 0 Å². The summed E-state index contributed by atoms with van der Waals surface area (Å²) in [6, 6.07) is 12.5. The molecule has 2 aliphatic carbocycles. The predicted octanol–water partition coefficient (Wildman–Crippen LogP) is 4.88. The first-order valence-corrected chi connectivity index (χ1v) is 11.5. The number of aromatic nitrogens is 3. The Balaban J connectivity index is 1.46. The predicted molar refractivity (Wildman–Crippen MR) is 127 cm³/mol. The summed E-state index contributed by atoms with van der Waals surface area (Å²) in [6.07, 6.45) is 6.66. The van der Waals surface area contributed by atoms with Crippen molar-refractivity contribution in [2.24, 2.45) is 5.92 Å². The second-order valence-electron chi connectivity index (χ2n) is 9.34. The van der Waals surface area contributed by atoms with Crippen LogP contribution in [0.15, 0.2) is 42.6 Å². The number of amides is 1. The van der Waals surface area contributed by atoms with E-state index in [0.717, 1.165) is 59.1 Å². The monoisotopic (exact) mass is 425 g/mol. The number of rotatable bonds is 6. The Bertz CT molecular complexity index is 1350. The highest BCUT2D eigenvalue weighted by atomic mass is 16.1. The van der Waals surface area contributed by atoms with Gasteiger partial charge in [0.2, 0.25) is 0 Å². The van der Waals surface area contributed by atoms with E-state index in [1.807, 2.05) is 30.5 Å². The first kappa shape index (κ1) is 19.3. The zero-order valence-electron chi connectivity index (χ0n) is 18.5. The summed E-state index contributed by atoms with van der Waals surface area (Å²) in [5, 5.41) is 6.59. The molecule has 0 saturated heterocycles. The molecule has 6 nitrogen and oxygen atoms in total. The average Bonchev–Trinajstić information content (AvgIpc) is 3.72. The molecule has 2 heterocycles. The van der Waals surface area contributed by atoms with E-state index in [1.165, 1.54) is 24.0 Å². The van der Waals surface area contributed by atoms with Gasteiger partial charge in [0.1, 0.15) is 0 Å². The van der Waals surface area contributed by atoms with Crippen molar-refractivity contribution in [1.29, 1.82) is 0 Å². The van der Waals surface area contributed by atoms with Gasteiger partial charge in [0, 0.05) is 23.7 Å². The van der Waals surface area contributed by atoms with Crippen LogP contribution < -0.4 is 10.6 Å². The van der Waals surface area contributed by atoms with Crippen molar-refractivity contribution in [3.8, 4) is 11.3 Å². The second-order valence-corrected chi connectivity index (χ2v) is 9.34. The van der Waals surface area contributed by atoms with E-state index < -0.39 is 0 Å². The number of imidazole rings is 1. The molecular formula is C26H27N5O. The maximum absolute atomic E-state index is 12.4. The molecule has 6 heteroatoms. The minimum absolute atomic E-state index is 0.00417. The molecule has 2 aromatic carbocycles. The Morgan fingerprint density at radius 1 is 1.06 bits per heavy atom. The number of carbonyl (C=O) groups is 1. The van der Waals surface area contributed by atoms with Gasteiger partial charge in [0.15, 0.2) is 11.5 Å². The third-order valence-electron chi connectivity index (χ3n) is 6.65. The molecule has 0 unspecified atom stereocenters. The van der Waals surface area contributed by atoms with E-state index in [-0.39, 0.29) is 5.91 Å². The molecule has 0 radical (unpaired) electrons. The van der Waals surface area contributed by atoms with Crippen LogP contribution in [-0.2, 0) is 0 Å². The molecule has 4 aromatic rings. The maximum Gasteiger partial charge on any atom is 0.251 e. The van der Waals surface area contributed by atoms with Crippen molar-refractivity contribution in [3.63, 3.8) is 0 Å². The molecule has 6 rings (SSSR count). The van der Waals surface area contributed by atoms with Crippen molar-refractivity contribution in [2.75, 3.05) is 11.9 Å². The van der Waals surface area contributed by atoms with Crippen LogP contribution in [0.2, 0.25) is 0 Å². The fraction of sp³-hybridized carbons (Fsp3) is 0.346. The number of carbonyl (C=O) groups excluding carboxylic acids is 1. The van der Waals surface area contributed by atoms with E-state index in [9.17, 15) is 4.79 Å². The summed E-state index contributed by atoms with van der Waals surface area (Å²) in [6.45, 7) is 5.19. The minimum atomic E-state index is 0.00417. The smallest absolute Gasteiger partial charge is 0.251 e. The Labute approximate surface area is 187 Å². The lowest BCUT2D eigenvalue weighted by atomic mass is 10.1. The molecule has 2 N–H and O–H groups in total. The van der Waals surface area contributed by atoms with Gasteiger partial charge in [0.25, 0.3) is 5.91 Å². The molecule has 162 valence electrons. The molecule has 0 atom stereocenters. The molecule has 1 amide bonds. The fourth-order valence-corrected chi connectivity index (χ4v) is 4.16. The summed E-state index contributed by atoms with van der Waals surface area (Å²) in [5.41, 5.74) is 8.02. The average molecular weight is 426 g/mol. The number of benzene rings is 2. The van der Waals surface area contributed by atoms with Crippen LogP contribution in [-0.4, -0.2) is 32.9 Å². The van der Waals surface area contributed by atoms with Crippen molar-refractivity contribution >= 4 is 28.4 Å². The van der Waals surface area contributed by atoms with E-state index in [4.69, 9.17) is 9.97 Å². The highest BCUT2D eigenvalue weighted by Crippen LogP contribution is 2.32. The highest BCUT2D eigenvalue weighted by molar-refractivity contribution is 5.95. The fourth-order valence-electron chi connectivity index (χ4n) is 4.16. The third-order valence-corrected chi connectivity index (χ3v) is 6.65. The summed E-state index contributed by atoms with van der Waals surface area (Å²) in [5.74, 6) is 1.58. The zero-order chi connectivity index (χ0) is 21.8. The van der Waals surface area contributed by atoms with E-state index in [2.05, 4.69) is 41.0 Å². The van der Waals surface area contributed by atoms with Gasteiger partial charge in [-0.2, -0.15) is 0 Å². The summed E-state index contributed by atoms with van der Waals surface area (Å²) >= 11 is 0. The lowest BCUT2D eigenvalue weighted by Gasteiger charge is -2.13. The Morgan fingerprint density at radius 3 is 2.53 bits per heavy atom. The Morgan fingerprint density at radius 2 is 1.81 bits per heavy atom. The number of nitrogens with one attached hydrogen (secondary N) is 2. The topological polar surface area (TPSA) is 71.3 Å². The second kappa shape index (κ2) is 7.33. The van der Waals surface area contributed by atoms with Crippen LogP contribution in [0.5, 0.6) is 0 Å². The summed E-state index contributed by atoms with van der Waals surface area (Å²) in [4.78, 5) is 22.1. The third kappa shape index (κ3) is 3.49. The molecule has 0 spiro atoms. The van der Waals surface area contributed by atoms with E-state index >= 15 is 0 Å². The van der Waals surface area contributed by atoms with Crippen LogP contribution >= 0.6 is 0 Å². The van der Waals surface area contributed by atoms with Gasteiger partial charge in [-0.3, -0.25) is 9.20 Å². The van der Waals surface area contributed by atoms with Gasteiger partial charge in [-0.15, -0.1) is 0 Å². The SMILES string of the molecule is Cc1cc2nc(NCC3CC3)c3ncc(-c4ccc(C(=O)NC5CC5)cc4)n3c2cc1C. The maximum atomic E-state index is 12.4. The van der Waals surface area contributed by atoms with Crippen LogP contribution in [0.4, 0.5) is 5.82 Å². The quantitative estimate of drug-likeness (QED) is 0.462. The first-order chi connectivity index (χ1) is 15.6. The first-order valence-electron chi connectivity index (χ1n) is 11.5. The molecule has 0 aliphatic heterocycles. The minimum Gasteiger partial charge on any atom is -0.367 e. The van der Waals surface area contributed by atoms with Crippen LogP contribution in [0.25, 0.3) is 27.9 Å². The molecule has 32 heavy (non-hydrogen) atoms. The molecule has 2 aliphatic rings. The Hall–Kier alpha value is -3.41. The summed E-state index contributed by atoms with van der Waals surface area (Å²) < 4.78 is 2.20. The molecule has 0 bridgehead atoms. The van der Waals surface area contributed by atoms with E-state index in [0.29, 0.717) is 11.6 Å². The van der Waals surface area contributed by atoms with Crippen molar-refractivity contribution in [3.05, 3.63) is 59.3 Å². The Kier molecular flexibility index (Phi) is 4.42. The van der Waals surface area contributed by atoms with Crippen LogP contribution in [0.3, 0.4) is 0 Å². The van der Waals surface area contributed by atoms with Crippen molar-refractivity contribution < 1.29 is 4.79 Å². The number of hydrogen-bond donors (Lipinski definition) is 2. The molecule has 2 saturated carbocycles. The van der Waals surface area contributed by atoms with Gasteiger partial charge < -0.3 is 10.6 Å². The van der Waals surface area contributed by atoms with Gasteiger partial charge in [0.05, 0.1) is 22.9 Å². The molecule has 2 fully saturated rings. The standard InChI is InChI=1S/C26H27N5O/c1-15-11-21-22(12-16(15)2)31-23(14-28-25(31)24(30-21)27-13-17-3-4-17)18-5-7-19(8-6-18)26(32)29-20-9-10-20/h5-8,11-12,14,17,20H,3-4,9-10,13H2,1-2H3,(H,27,30)(H,29,32). The van der Waals surface area contributed by atoms with Gasteiger partial charge in [-0.05, 0) is 80.8 Å². The zero-order valence-corrected chi connectivity index (χ0v) is 18.5. The number of anilines is 1. The number of aryl methyl sites for hydroxylation is 2. The number of nitrogens with zero attached hydrogens (tertiary/aromatic N) is 3. The van der Waals surface area contributed by atoms with Gasteiger partial charge in [-0.1, -0.05) is 12.1 Å². The lowest BCUT2D eigenvalue weighted by Crippen LogP contribution is -2.25. The largest absolute Gasteiger partial charge is 0.367 e. The molecular weight excluding hydrogens is 398 g/mol. The van der Waals surface area contributed by atoms with Crippen molar-refractivity contribution in [2.45, 2.75) is 45.6 Å². The van der Waals surface area contributed by atoms with Crippen LogP contribution in [0, 0.1) is 19.8 Å². The number of hydrogen-bond acceptors (Lipinski definition) is 4. The van der Waals surface area contributed by atoms with Crippen molar-refractivity contribution in [1.82, 2.24) is 19.7 Å².